The van der Waals surface area contributed by atoms with Crippen LogP contribution >= 0.6 is 11.8 Å². The highest BCUT2D eigenvalue weighted by Gasteiger charge is 2.10. The highest BCUT2D eigenvalue weighted by atomic mass is 32.2. The summed E-state index contributed by atoms with van der Waals surface area (Å²) >= 11 is 1.68. The van der Waals surface area contributed by atoms with E-state index in [2.05, 4.69) is 85.9 Å². The number of benzene rings is 4. The lowest BCUT2D eigenvalue weighted by atomic mass is 9.92. The van der Waals surface area contributed by atoms with Crippen LogP contribution in [-0.2, 0) is 4.79 Å². The fourth-order valence-electron chi connectivity index (χ4n) is 3.63. The molecule has 4 aromatic rings. The second kappa shape index (κ2) is 8.71. The molecule has 0 aromatic heterocycles. The summed E-state index contributed by atoms with van der Waals surface area (Å²) in [5, 5.41) is 7.97. The van der Waals surface area contributed by atoms with Gasteiger partial charge in [-0.15, -0.1) is 0 Å². The molecular formula is C26H25NOS. The first kappa shape index (κ1) is 19.5. The van der Waals surface area contributed by atoms with Crippen molar-refractivity contribution in [1.29, 1.82) is 0 Å². The van der Waals surface area contributed by atoms with Crippen LogP contribution in [0.5, 0.6) is 0 Å². The van der Waals surface area contributed by atoms with E-state index < -0.39 is 0 Å². The maximum absolute atomic E-state index is 12.2. The summed E-state index contributed by atoms with van der Waals surface area (Å²) in [6.45, 7) is 4.33. The molecule has 0 saturated carbocycles. The predicted octanol–water partition coefficient (Wildman–Crippen LogP) is 6.99. The molecule has 1 amide bonds. The van der Waals surface area contributed by atoms with Gasteiger partial charge in [0, 0.05) is 5.69 Å². The Hall–Kier alpha value is -2.78. The lowest BCUT2D eigenvalue weighted by molar-refractivity contribution is -0.113. The number of carbonyl (C=O) groups excluding carboxylic acids is 1. The normalized spacial score (nSPS) is 11.3. The smallest absolute Gasteiger partial charge is 0.234 e. The van der Waals surface area contributed by atoms with Crippen molar-refractivity contribution in [2.45, 2.75) is 13.8 Å². The van der Waals surface area contributed by atoms with E-state index >= 15 is 0 Å². The Kier molecular flexibility index (Phi) is 5.86. The molecular weight excluding hydrogens is 374 g/mol. The highest BCUT2D eigenvalue weighted by molar-refractivity contribution is 7.99. The Labute approximate surface area is 176 Å². The molecule has 146 valence electrons. The molecule has 1 N–H and O–H groups in total. The second-order valence-corrected chi connectivity index (χ2v) is 8.76. The number of nitrogens with one attached hydrogen (secondary N) is 1. The van der Waals surface area contributed by atoms with Crippen LogP contribution in [0.25, 0.3) is 32.7 Å². The van der Waals surface area contributed by atoms with E-state index in [1.165, 1.54) is 27.1 Å². The van der Waals surface area contributed by atoms with E-state index in [1.807, 2.05) is 12.1 Å². The van der Waals surface area contributed by atoms with Gasteiger partial charge in [-0.1, -0.05) is 74.5 Å². The average Bonchev–Trinajstić information content (AvgIpc) is 2.72. The zero-order valence-electron chi connectivity index (χ0n) is 16.8. The first-order valence-corrected chi connectivity index (χ1v) is 11.2. The summed E-state index contributed by atoms with van der Waals surface area (Å²) < 4.78 is 0. The molecule has 0 aliphatic rings. The summed E-state index contributed by atoms with van der Waals surface area (Å²) in [5.74, 6) is 2.15. The topological polar surface area (TPSA) is 29.1 Å². The minimum Gasteiger partial charge on any atom is -0.325 e. The molecule has 3 heteroatoms. The number of hydrogen-bond donors (Lipinski definition) is 1. The molecule has 2 nitrogen and oxygen atoms in total. The van der Waals surface area contributed by atoms with Crippen molar-refractivity contribution in [1.82, 2.24) is 0 Å². The number of fused-ring (bicyclic) bond motifs is 2. The standard InChI is InChI=1S/C26H25NOS/c1-18(2)16-29-17-25(28)27-22-13-11-19(12-14-22)26-23-9-5-3-7-20(23)15-21-8-4-6-10-24(21)26/h3-15,18H,16-17H2,1-2H3,(H,27,28). The average molecular weight is 400 g/mol. The van der Waals surface area contributed by atoms with Crippen LogP contribution in [0.1, 0.15) is 13.8 Å². The third kappa shape index (κ3) is 4.46. The molecule has 0 atom stereocenters. The largest absolute Gasteiger partial charge is 0.325 e. The van der Waals surface area contributed by atoms with Crippen molar-refractivity contribution in [3.63, 3.8) is 0 Å². The van der Waals surface area contributed by atoms with Gasteiger partial charge in [-0.3, -0.25) is 4.79 Å². The minimum atomic E-state index is 0.0546. The van der Waals surface area contributed by atoms with Gasteiger partial charge in [-0.2, -0.15) is 11.8 Å². The van der Waals surface area contributed by atoms with E-state index in [1.54, 1.807) is 11.8 Å². The number of carbonyl (C=O) groups is 1. The van der Waals surface area contributed by atoms with Crippen LogP contribution < -0.4 is 5.32 Å². The van der Waals surface area contributed by atoms with Gasteiger partial charge in [0.2, 0.25) is 5.91 Å². The molecule has 0 unspecified atom stereocenters. The molecule has 0 spiro atoms. The van der Waals surface area contributed by atoms with Crippen molar-refractivity contribution < 1.29 is 4.79 Å². The van der Waals surface area contributed by atoms with Crippen LogP contribution in [0.2, 0.25) is 0 Å². The number of thioether (sulfide) groups is 1. The van der Waals surface area contributed by atoms with Crippen LogP contribution in [0.3, 0.4) is 0 Å². The van der Waals surface area contributed by atoms with Gasteiger partial charge in [0.05, 0.1) is 5.75 Å². The van der Waals surface area contributed by atoms with E-state index in [4.69, 9.17) is 0 Å². The van der Waals surface area contributed by atoms with E-state index in [0.717, 1.165) is 17.0 Å². The fraction of sp³-hybridized carbons (Fsp3) is 0.192. The van der Waals surface area contributed by atoms with Gasteiger partial charge >= 0.3 is 0 Å². The van der Waals surface area contributed by atoms with Gasteiger partial charge in [0.15, 0.2) is 0 Å². The zero-order chi connectivity index (χ0) is 20.2. The summed E-state index contributed by atoms with van der Waals surface area (Å²) in [5.41, 5.74) is 3.24. The van der Waals surface area contributed by atoms with Crippen LogP contribution in [-0.4, -0.2) is 17.4 Å². The fourth-order valence-corrected chi connectivity index (χ4v) is 4.48. The van der Waals surface area contributed by atoms with Gasteiger partial charge in [-0.05, 0) is 62.5 Å². The quantitative estimate of drug-likeness (QED) is 0.354. The van der Waals surface area contributed by atoms with Crippen molar-refractivity contribution in [3.8, 4) is 11.1 Å². The van der Waals surface area contributed by atoms with Crippen molar-refractivity contribution in [2.24, 2.45) is 5.92 Å². The van der Waals surface area contributed by atoms with Gasteiger partial charge < -0.3 is 5.32 Å². The monoisotopic (exact) mass is 399 g/mol. The van der Waals surface area contributed by atoms with E-state index in [9.17, 15) is 4.79 Å². The molecule has 0 heterocycles. The summed E-state index contributed by atoms with van der Waals surface area (Å²) in [6.07, 6.45) is 0. The van der Waals surface area contributed by atoms with Crippen LogP contribution in [0.15, 0.2) is 78.9 Å². The SMILES string of the molecule is CC(C)CSCC(=O)Nc1ccc(-c2c3ccccc3cc3ccccc23)cc1. The molecule has 0 bridgehead atoms. The van der Waals surface area contributed by atoms with Gasteiger partial charge in [0.1, 0.15) is 0 Å². The number of hydrogen-bond acceptors (Lipinski definition) is 2. The molecule has 4 rings (SSSR count). The Morgan fingerprint density at radius 1 is 0.862 bits per heavy atom. The van der Waals surface area contributed by atoms with Crippen LogP contribution in [0.4, 0.5) is 5.69 Å². The van der Waals surface area contributed by atoms with Crippen molar-refractivity contribution >= 4 is 44.9 Å². The Morgan fingerprint density at radius 2 is 1.45 bits per heavy atom. The summed E-state index contributed by atoms with van der Waals surface area (Å²) in [6, 6.07) is 27.5. The van der Waals surface area contributed by atoms with Gasteiger partial charge in [0.25, 0.3) is 0 Å². The predicted molar refractivity (Wildman–Crippen MR) is 128 cm³/mol. The molecule has 0 fully saturated rings. The second-order valence-electron chi connectivity index (χ2n) is 7.73. The zero-order valence-corrected chi connectivity index (χ0v) is 17.6. The maximum Gasteiger partial charge on any atom is 0.234 e. The van der Waals surface area contributed by atoms with Crippen molar-refractivity contribution in [3.05, 3.63) is 78.9 Å². The number of anilines is 1. The summed E-state index contributed by atoms with van der Waals surface area (Å²) in [4.78, 5) is 12.2. The maximum atomic E-state index is 12.2. The molecule has 0 aliphatic carbocycles. The Morgan fingerprint density at radius 3 is 2.03 bits per heavy atom. The highest BCUT2D eigenvalue weighted by Crippen LogP contribution is 2.36. The lowest BCUT2D eigenvalue weighted by Gasteiger charge is -2.13. The first-order valence-electron chi connectivity index (χ1n) is 10.0. The molecule has 0 radical (unpaired) electrons. The van der Waals surface area contributed by atoms with E-state index in [0.29, 0.717) is 11.7 Å². The third-order valence-electron chi connectivity index (χ3n) is 4.91. The molecule has 29 heavy (non-hydrogen) atoms. The first-order chi connectivity index (χ1) is 14.1. The lowest BCUT2D eigenvalue weighted by Crippen LogP contribution is -2.14. The molecule has 0 saturated heterocycles. The molecule has 4 aromatic carbocycles. The van der Waals surface area contributed by atoms with E-state index in [-0.39, 0.29) is 5.91 Å². The molecule has 0 aliphatic heterocycles. The Bertz CT molecular complexity index is 1090. The minimum absolute atomic E-state index is 0.0546. The number of rotatable bonds is 6. The third-order valence-corrected chi connectivity index (χ3v) is 6.28. The van der Waals surface area contributed by atoms with Crippen LogP contribution in [0, 0.1) is 5.92 Å². The Balaban J connectivity index is 1.64. The van der Waals surface area contributed by atoms with Crippen molar-refractivity contribution in [2.75, 3.05) is 16.8 Å². The van der Waals surface area contributed by atoms with Gasteiger partial charge in [-0.25, -0.2) is 0 Å². The summed E-state index contributed by atoms with van der Waals surface area (Å²) in [7, 11) is 0. The number of amides is 1.